The van der Waals surface area contributed by atoms with Crippen molar-refractivity contribution < 1.29 is 0 Å². The summed E-state index contributed by atoms with van der Waals surface area (Å²) in [7, 11) is 0. The van der Waals surface area contributed by atoms with Gasteiger partial charge >= 0.3 is 0 Å². The molecule has 1 aromatic heterocycles. The Kier molecular flexibility index (Phi) is 0.973. The summed E-state index contributed by atoms with van der Waals surface area (Å²) in [6, 6.07) is 0. The summed E-state index contributed by atoms with van der Waals surface area (Å²) in [5.41, 5.74) is 2.55. The highest BCUT2D eigenvalue weighted by Crippen LogP contribution is 2.38. The lowest BCUT2D eigenvalue weighted by Gasteiger charge is -1.90. The highest BCUT2D eigenvalue weighted by atomic mass is 15.0. The van der Waals surface area contributed by atoms with E-state index in [1.807, 2.05) is 0 Å². The quantitative estimate of drug-likeness (QED) is 0.622. The van der Waals surface area contributed by atoms with Crippen molar-refractivity contribution in [1.29, 1.82) is 0 Å². The first-order valence-corrected chi connectivity index (χ1v) is 4.22. The summed E-state index contributed by atoms with van der Waals surface area (Å²) < 4.78 is 0. The molecule has 1 fully saturated rings. The van der Waals surface area contributed by atoms with Gasteiger partial charge in [0, 0.05) is 19.0 Å². The number of aromatic amines is 1. The molecule has 0 spiro atoms. The predicted octanol–water partition coefficient (Wildman–Crippen LogP) is 0.890. The lowest BCUT2D eigenvalue weighted by molar-refractivity contribution is 0.733. The van der Waals surface area contributed by atoms with Crippen molar-refractivity contribution >= 4 is 0 Å². The van der Waals surface area contributed by atoms with Crippen LogP contribution in [0.3, 0.4) is 0 Å². The van der Waals surface area contributed by atoms with Gasteiger partial charge in [-0.05, 0) is 12.8 Å². The number of rotatable bonds is 1. The van der Waals surface area contributed by atoms with Crippen molar-refractivity contribution in [2.24, 2.45) is 0 Å². The van der Waals surface area contributed by atoms with E-state index in [1.54, 1.807) is 0 Å². The van der Waals surface area contributed by atoms with Crippen LogP contribution in [-0.2, 0) is 13.1 Å². The number of hydrogen-bond acceptors (Lipinski definition) is 2. The molecular weight excluding hydrogens is 138 g/mol. The molecule has 0 unspecified atom stereocenters. The number of nitrogens with one attached hydrogen (secondary N) is 2. The van der Waals surface area contributed by atoms with Gasteiger partial charge in [0.1, 0.15) is 5.82 Å². The van der Waals surface area contributed by atoms with Gasteiger partial charge in [-0.3, -0.25) is 0 Å². The van der Waals surface area contributed by atoms with E-state index in [0.717, 1.165) is 19.0 Å². The maximum atomic E-state index is 4.53. The second-order valence-corrected chi connectivity index (χ2v) is 3.43. The van der Waals surface area contributed by atoms with Gasteiger partial charge in [-0.2, -0.15) is 0 Å². The SMILES string of the molecule is C1NCc2[nH]c(C3CC3)nc21. The Hall–Kier alpha value is -0.830. The Morgan fingerprint density at radius 2 is 2.18 bits per heavy atom. The first-order valence-electron chi connectivity index (χ1n) is 4.22. The van der Waals surface area contributed by atoms with Crippen LogP contribution in [0.5, 0.6) is 0 Å². The summed E-state index contributed by atoms with van der Waals surface area (Å²) in [6.45, 7) is 1.94. The molecule has 0 radical (unpaired) electrons. The fourth-order valence-corrected chi connectivity index (χ4v) is 1.62. The number of H-pyrrole nitrogens is 1. The van der Waals surface area contributed by atoms with Crippen molar-refractivity contribution in [2.45, 2.75) is 31.8 Å². The minimum absolute atomic E-state index is 0.764. The third-order valence-electron chi connectivity index (χ3n) is 2.44. The Morgan fingerprint density at radius 3 is 2.91 bits per heavy atom. The lowest BCUT2D eigenvalue weighted by atomic mass is 10.4. The van der Waals surface area contributed by atoms with E-state index in [-0.39, 0.29) is 0 Å². The van der Waals surface area contributed by atoms with Gasteiger partial charge in [0.05, 0.1) is 11.4 Å². The molecular formula is C8H11N3. The van der Waals surface area contributed by atoms with Crippen LogP contribution >= 0.6 is 0 Å². The van der Waals surface area contributed by atoms with Crippen LogP contribution in [0.15, 0.2) is 0 Å². The third kappa shape index (κ3) is 0.807. The van der Waals surface area contributed by atoms with Crippen LogP contribution < -0.4 is 5.32 Å². The van der Waals surface area contributed by atoms with Crippen LogP contribution in [0.2, 0.25) is 0 Å². The second kappa shape index (κ2) is 1.85. The molecule has 58 valence electrons. The Bertz CT molecular complexity index is 264. The Morgan fingerprint density at radius 1 is 1.27 bits per heavy atom. The molecule has 2 aliphatic rings. The maximum Gasteiger partial charge on any atom is 0.109 e. The fourth-order valence-electron chi connectivity index (χ4n) is 1.62. The summed E-state index contributed by atoms with van der Waals surface area (Å²) in [5, 5.41) is 3.26. The maximum absolute atomic E-state index is 4.53. The average molecular weight is 149 g/mol. The molecule has 2 N–H and O–H groups in total. The van der Waals surface area contributed by atoms with Crippen LogP contribution in [0.25, 0.3) is 0 Å². The number of hydrogen-bond donors (Lipinski definition) is 2. The van der Waals surface area contributed by atoms with Gasteiger partial charge < -0.3 is 10.3 Å². The first-order chi connectivity index (χ1) is 5.43. The van der Waals surface area contributed by atoms with Gasteiger partial charge in [0.25, 0.3) is 0 Å². The first kappa shape index (κ1) is 5.77. The summed E-state index contributed by atoms with van der Waals surface area (Å²) >= 11 is 0. The monoisotopic (exact) mass is 149 g/mol. The molecule has 0 saturated heterocycles. The van der Waals surface area contributed by atoms with E-state index < -0.39 is 0 Å². The van der Waals surface area contributed by atoms with Gasteiger partial charge in [-0.25, -0.2) is 4.98 Å². The molecule has 11 heavy (non-hydrogen) atoms. The normalized spacial score (nSPS) is 22.2. The van der Waals surface area contributed by atoms with Crippen molar-refractivity contribution in [2.75, 3.05) is 0 Å². The van der Waals surface area contributed by atoms with Gasteiger partial charge in [-0.1, -0.05) is 0 Å². The second-order valence-electron chi connectivity index (χ2n) is 3.43. The summed E-state index contributed by atoms with van der Waals surface area (Å²) in [4.78, 5) is 7.92. The van der Waals surface area contributed by atoms with Crippen molar-refractivity contribution in [1.82, 2.24) is 15.3 Å². The van der Waals surface area contributed by atoms with Crippen LogP contribution in [0, 0.1) is 0 Å². The van der Waals surface area contributed by atoms with Gasteiger partial charge in [-0.15, -0.1) is 0 Å². The van der Waals surface area contributed by atoms with E-state index >= 15 is 0 Å². The van der Waals surface area contributed by atoms with E-state index in [2.05, 4.69) is 15.3 Å². The van der Waals surface area contributed by atoms with Crippen molar-refractivity contribution in [3.63, 3.8) is 0 Å². The van der Waals surface area contributed by atoms with Crippen molar-refractivity contribution in [3.8, 4) is 0 Å². The Labute approximate surface area is 65.2 Å². The largest absolute Gasteiger partial charge is 0.344 e. The zero-order valence-corrected chi connectivity index (χ0v) is 6.35. The molecule has 1 aliphatic carbocycles. The van der Waals surface area contributed by atoms with Gasteiger partial charge in [0.2, 0.25) is 0 Å². The third-order valence-corrected chi connectivity index (χ3v) is 2.44. The standard InChI is InChI=1S/C8H11N3/c1-2-5(1)8-10-6-3-9-4-7(6)11-8/h5,9H,1-4H2,(H,10,11). The molecule has 1 saturated carbocycles. The summed E-state index contributed by atoms with van der Waals surface area (Å²) in [5.74, 6) is 2.00. The molecule has 3 nitrogen and oxygen atoms in total. The predicted molar refractivity (Wildman–Crippen MR) is 41.1 cm³/mol. The van der Waals surface area contributed by atoms with E-state index in [0.29, 0.717) is 0 Å². The highest BCUT2D eigenvalue weighted by molar-refractivity contribution is 5.21. The molecule has 3 heteroatoms. The molecule has 1 aromatic rings. The lowest BCUT2D eigenvalue weighted by Crippen LogP contribution is -2.03. The number of fused-ring (bicyclic) bond motifs is 1. The van der Waals surface area contributed by atoms with Crippen molar-refractivity contribution in [3.05, 3.63) is 17.2 Å². The zero-order valence-electron chi connectivity index (χ0n) is 6.35. The summed E-state index contributed by atoms with van der Waals surface area (Å²) in [6.07, 6.45) is 2.67. The molecule has 0 bridgehead atoms. The van der Waals surface area contributed by atoms with E-state index in [4.69, 9.17) is 0 Å². The zero-order chi connectivity index (χ0) is 7.26. The van der Waals surface area contributed by atoms with E-state index in [1.165, 1.54) is 30.1 Å². The Balaban J connectivity index is 2.02. The highest BCUT2D eigenvalue weighted by Gasteiger charge is 2.28. The topological polar surface area (TPSA) is 40.7 Å². The van der Waals surface area contributed by atoms with Gasteiger partial charge in [0.15, 0.2) is 0 Å². The smallest absolute Gasteiger partial charge is 0.109 e. The van der Waals surface area contributed by atoms with Crippen LogP contribution in [-0.4, -0.2) is 9.97 Å². The van der Waals surface area contributed by atoms with Crippen LogP contribution in [0.1, 0.15) is 36.0 Å². The average Bonchev–Trinajstić information content (AvgIpc) is 2.60. The van der Waals surface area contributed by atoms with E-state index in [9.17, 15) is 0 Å². The minimum atomic E-state index is 0.764. The molecule has 1 aliphatic heterocycles. The molecule has 0 amide bonds. The molecule has 0 aromatic carbocycles. The van der Waals surface area contributed by atoms with Crippen LogP contribution in [0.4, 0.5) is 0 Å². The molecule has 3 rings (SSSR count). The number of aromatic nitrogens is 2. The number of imidazole rings is 1. The molecule has 2 heterocycles. The fraction of sp³-hybridized carbons (Fsp3) is 0.625. The number of nitrogens with zero attached hydrogens (tertiary/aromatic N) is 1. The minimum Gasteiger partial charge on any atom is -0.344 e. The molecule has 0 atom stereocenters.